The van der Waals surface area contributed by atoms with Gasteiger partial charge in [0.2, 0.25) is 0 Å². The average molecular weight is 297 g/mol. The summed E-state index contributed by atoms with van der Waals surface area (Å²) in [4.78, 5) is 11.1. The second-order valence-electron chi connectivity index (χ2n) is 6.63. The maximum absolute atomic E-state index is 11.1. The SMILES string of the molecule is CO[C@@H]1C[C@@H](C(C)(C)C)O[C@@H](c2onc(C(=O)O)c2C)C1. The number of carboxylic acids is 1. The number of aromatic carboxylic acids is 1. The van der Waals surface area contributed by atoms with Gasteiger partial charge in [-0.2, -0.15) is 0 Å². The lowest BCUT2D eigenvalue weighted by Gasteiger charge is -2.40. The van der Waals surface area contributed by atoms with Crippen molar-refractivity contribution >= 4 is 5.97 Å². The predicted molar refractivity (Wildman–Crippen MR) is 75.3 cm³/mol. The van der Waals surface area contributed by atoms with Crippen molar-refractivity contribution in [2.75, 3.05) is 7.11 Å². The summed E-state index contributed by atoms with van der Waals surface area (Å²) in [5, 5.41) is 12.7. The van der Waals surface area contributed by atoms with Gasteiger partial charge in [0, 0.05) is 25.5 Å². The third-order valence-electron chi connectivity index (χ3n) is 4.04. The van der Waals surface area contributed by atoms with Crippen molar-refractivity contribution in [2.24, 2.45) is 5.41 Å². The van der Waals surface area contributed by atoms with Gasteiger partial charge in [0.1, 0.15) is 6.10 Å². The van der Waals surface area contributed by atoms with Crippen molar-refractivity contribution in [3.8, 4) is 0 Å². The number of ether oxygens (including phenoxy) is 2. The van der Waals surface area contributed by atoms with Crippen molar-refractivity contribution < 1.29 is 23.9 Å². The molecule has 0 amide bonds. The van der Waals surface area contributed by atoms with Gasteiger partial charge in [0.25, 0.3) is 0 Å². The molecule has 1 N–H and O–H groups in total. The molecular weight excluding hydrogens is 274 g/mol. The second-order valence-corrected chi connectivity index (χ2v) is 6.63. The van der Waals surface area contributed by atoms with E-state index >= 15 is 0 Å². The van der Waals surface area contributed by atoms with E-state index in [2.05, 4.69) is 25.9 Å². The van der Waals surface area contributed by atoms with Crippen molar-refractivity contribution in [1.82, 2.24) is 5.16 Å². The molecule has 0 spiro atoms. The largest absolute Gasteiger partial charge is 0.476 e. The summed E-state index contributed by atoms with van der Waals surface area (Å²) >= 11 is 0. The fourth-order valence-corrected chi connectivity index (χ4v) is 2.65. The lowest BCUT2D eigenvalue weighted by atomic mass is 9.82. The fourth-order valence-electron chi connectivity index (χ4n) is 2.65. The molecule has 3 atom stereocenters. The molecule has 1 fully saturated rings. The van der Waals surface area contributed by atoms with E-state index in [1.165, 1.54) is 0 Å². The molecule has 1 aromatic heterocycles. The molecule has 0 bridgehead atoms. The summed E-state index contributed by atoms with van der Waals surface area (Å²) in [6, 6.07) is 0. The molecule has 1 aliphatic rings. The molecule has 1 aromatic rings. The third kappa shape index (κ3) is 3.27. The van der Waals surface area contributed by atoms with Crippen molar-refractivity contribution in [3.63, 3.8) is 0 Å². The first kappa shape index (κ1) is 16.0. The van der Waals surface area contributed by atoms with Crippen LogP contribution in [0.4, 0.5) is 0 Å². The van der Waals surface area contributed by atoms with Crippen LogP contribution in [0.1, 0.15) is 61.5 Å². The first-order chi connectivity index (χ1) is 9.74. The minimum atomic E-state index is -1.09. The van der Waals surface area contributed by atoms with Gasteiger partial charge < -0.3 is 19.1 Å². The molecule has 0 unspecified atom stereocenters. The summed E-state index contributed by atoms with van der Waals surface area (Å²) in [5.41, 5.74) is 0.441. The van der Waals surface area contributed by atoms with E-state index < -0.39 is 5.97 Å². The monoisotopic (exact) mass is 297 g/mol. The Hall–Kier alpha value is -1.40. The van der Waals surface area contributed by atoms with Gasteiger partial charge in [-0.15, -0.1) is 0 Å². The highest BCUT2D eigenvalue weighted by Gasteiger charge is 2.39. The Labute approximate surface area is 124 Å². The standard InChI is InChI=1S/C15H23NO5/c1-8-12(14(17)18)16-21-13(8)10-6-9(19-5)7-11(20-10)15(2,3)4/h9-11H,6-7H2,1-5H3,(H,17,18)/t9-,10+,11-/m0/s1. The van der Waals surface area contributed by atoms with E-state index in [0.717, 1.165) is 6.42 Å². The zero-order valence-electron chi connectivity index (χ0n) is 13.2. The van der Waals surface area contributed by atoms with Gasteiger partial charge in [-0.3, -0.25) is 0 Å². The van der Waals surface area contributed by atoms with Crippen LogP contribution in [0, 0.1) is 12.3 Å². The van der Waals surface area contributed by atoms with Gasteiger partial charge in [-0.05, 0) is 12.3 Å². The highest BCUT2D eigenvalue weighted by Crippen LogP contribution is 2.40. The maximum Gasteiger partial charge on any atom is 0.358 e. The molecule has 118 valence electrons. The topological polar surface area (TPSA) is 81.8 Å². The molecule has 6 heteroatoms. The number of aromatic nitrogens is 1. The number of nitrogens with zero attached hydrogens (tertiary/aromatic N) is 1. The van der Waals surface area contributed by atoms with E-state index in [1.807, 2.05) is 0 Å². The van der Waals surface area contributed by atoms with Gasteiger partial charge in [-0.25, -0.2) is 4.79 Å². The summed E-state index contributed by atoms with van der Waals surface area (Å²) in [5.74, 6) is -0.600. The Morgan fingerprint density at radius 1 is 1.38 bits per heavy atom. The zero-order chi connectivity index (χ0) is 15.8. The number of hydrogen-bond donors (Lipinski definition) is 1. The average Bonchev–Trinajstić information content (AvgIpc) is 2.79. The Morgan fingerprint density at radius 2 is 2.05 bits per heavy atom. The van der Waals surface area contributed by atoms with Gasteiger partial charge in [0.05, 0.1) is 12.2 Å². The maximum atomic E-state index is 11.1. The molecule has 2 rings (SSSR count). The Morgan fingerprint density at radius 3 is 2.52 bits per heavy atom. The Balaban J connectivity index is 2.28. The zero-order valence-corrected chi connectivity index (χ0v) is 13.2. The molecule has 0 saturated carbocycles. The third-order valence-corrected chi connectivity index (χ3v) is 4.04. The van der Waals surface area contributed by atoms with E-state index in [-0.39, 0.29) is 29.4 Å². The first-order valence-corrected chi connectivity index (χ1v) is 7.11. The molecule has 21 heavy (non-hydrogen) atoms. The number of rotatable bonds is 3. The number of hydrogen-bond acceptors (Lipinski definition) is 5. The van der Waals surface area contributed by atoms with E-state index in [0.29, 0.717) is 17.7 Å². The molecule has 0 aliphatic carbocycles. The van der Waals surface area contributed by atoms with E-state index in [9.17, 15) is 4.79 Å². The first-order valence-electron chi connectivity index (χ1n) is 7.11. The van der Waals surface area contributed by atoms with Crippen LogP contribution in [0.15, 0.2) is 4.52 Å². The number of carboxylic acid groups (broad SMARTS) is 1. The summed E-state index contributed by atoms with van der Waals surface area (Å²) < 4.78 is 16.9. The molecule has 2 heterocycles. The van der Waals surface area contributed by atoms with Crippen LogP contribution in [-0.2, 0) is 9.47 Å². The summed E-state index contributed by atoms with van der Waals surface area (Å²) in [7, 11) is 1.68. The quantitative estimate of drug-likeness (QED) is 0.923. The van der Waals surface area contributed by atoms with Crippen LogP contribution in [0.25, 0.3) is 0 Å². The van der Waals surface area contributed by atoms with Crippen LogP contribution in [-0.4, -0.2) is 35.6 Å². The number of carbonyl (C=O) groups is 1. The molecular formula is C15H23NO5. The second kappa shape index (κ2) is 5.77. The van der Waals surface area contributed by atoms with Crippen LogP contribution in [0.2, 0.25) is 0 Å². The molecule has 0 radical (unpaired) electrons. The minimum absolute atomic E-state index is 0.0129. The lowest BCUT2D eigenvalue weighted by molar-refractivity contribution is -0.150. The van der Waals surface area contributed by atoms with E-state index in [1.54, 1.807) is 14.0 Å². The van der Waals surface area contributed by atoms with Crippen molar-refractivity contribution in [3.05, 3.63) is 17.0 Å². The van der Waals surface area contributed by atoms with Crippen molar-refractivity contribution in [1.29, 1.82) is 0 Å². The van der Waals surface area contributed by atoms with Crippen LogP contribution < -0.4 is 0 Å². The molecule has 1 aliphatic heterocycles. The summed E-state index contributed by atoms with van der Waals surface area (Å²) in [6.07, 6.45) is 1.20. The van der Waals surface area contributed by atoms with Gasteiger partial charge in [0.15, 0.2) is 11.5 Å². The van der Waals surface area contributed by atoms with Crippen LogP contribution in [0.3, 0.4) is 0 Å². The van der Waals surface area contributed by atoms with Gasteiger partial charge in [-0.1, -0.05) is 25.9 Å². The fraction of sp³-hybridized carbons (Fsp3) is 0.733. The van der Waals surface area contributed by atoms with Gasteiger partial charge >= 0.3 is 5.97 Å². The van der Waals surface area contributed by atoms with E-state index in [4.69, 9.17) is 19.1 Å². The predicted octanol–water partition coefficient (Wildman–Crippen LogP) is 2.96. The van der Waals surface area contributed by atoms with Crippen LogP contribution in [0.5, 0.6) is 0 Å². The lowest BCUT2D eigenvalue weighted by Crippen LogP contribution is -2.40. The smallest absolute Gasteiger partial charge is 0.358 e. The van der Waals surface area contributed by atoms with Crippen molar-refractivity contribution in [2.45, 2.75) is 58.8 Å². The Bertz CT molecular complexity index is 517. The highest BCUT2D eigenvalue weighted by molar-refractivity contribution is 5.87. The van der Waals surface area contributed by atoms with Crippen LogP contribution >= 0.6 is 0 Å². The molecule has 0 aromatic carbocycles. The number of methoxy groups -OCH3 is 1. The normalized spacial score (nSPS) is 26.8. The summed E-state index contributed by atoms with van der Waals surface area (Å²) in [6.45, 7) is 8.04. The Kier molecular flexibility index (Phi) is 4.39. The minimum Gasteiger partial charge on any atom is -0.476 e. The molecule has 6 nitrogen and oxygen atoms in total. The molecule has 1 saturated heterocycles. The highest BCUT2D eigenvalue weighted by atomic mass is 16.5.